The van der Waals surface area contributed by atoms with Crippen LogP contribution >= 0.6 is 0 Å². The molecule has 0 unspecified atom stereocenters. The van der Waals surface area contributed by atoms with Gasteiger partial charge in [-0.1, -0.05) is 0 Å². The fourth-order valence-electron chi connectivity index (χ4n) is 2.00. The highest BCUT2D eigenvalue weighted by molar-refractivity contribution is 5.89. The number of hydrogen-bond acceptors (Lipinski definition) is 2. The molecule has 0 aliphatic heterocycles. The monoisotopic (exact) mass is 284 g/mol. The van der Waals surface area contributed by atoms with E-state index in [0.29, 0.717) is 11.4 Å². The second-order valence-corrected chi connectivity index (χ2v) is 4.32. The Kier molecular flexibility index (Phi) is 3.29. The lowest BCUT2D eigenvalue weighted by atomic mass is 10.2. The predicted molar refractivity (Wildman–Crippen MR) is 65.0 cm³/mol. The zero-order valence-corrected chi connectivity index (χ0v) is 10.7. The van der Waals surface area contributed by atoms with Crippen LogP contribution in [0.5, 0.6) is 0 Å². The van der Waals surface area contributed by atoms with Crippen molar-refractivity contribution < 1.29 is 23.1 Å². The fraction of sp³-hybridized carbons (Fsp3) is 0.231. The van der Waals surface area contributed by atoms with Crippen LogP contribution in [0.25, 0.3) is 5.69 Å². The molecule has 0 aliphatic rings. The first-order valence-corrected chi connectivity index (χ1v) is 5.68. The minimum absolute atomic E-state index is 0.116. The number of carboxylic acid groups (broad SMARTS) is 1. The number of aromatic nitrogens is 2. The van der Waals surface area contributed by atoms with Gasteiger partial charge >= 0.3 is 12.1 Å². The van der Waals surface area contributed by atoms with Crippen LogP contribution in [0.15, 0.2) is 24.3 Å². The van der Waals surface area contributed by atoms with Gasteiger partial charge in [-0.3, -0.25) is 0 Å². The zero-order chi connectivity index (χ0) is 15.1. The SMILES string of the molecule is Cc1ccc(C)n1-c1ccc(C(F)(F)F)nc1C(=O)O. The van der Waals surface area contributed by atoms with Crippen LogP contribution < -0.4 is 0 Å². The smallest absolute Gasteiger partial charge is 0.433 e. The molecule has 2 aromatic rings. The molecule has 0 saturated carbocycles. The normalized spacial score (nSPS) is 11.7. The Bertz CT molecular complexity index is 655. The predicted octanol–water partition coefficient (Wildman–Crippen LogP) is 3.21. The summed E-state index contributed by atoms with van der Waals surface area (Å²) in [7, 11) is 0. The highest BCUT2D eigenvalue weighted by atomic mass is 19.4. The van der Waals surface area contributed by atoms with Crippen molar-refractivity contribution in [3.8, 4) is 5.69 Å². The van der Waals surface area contributed by atoms with Crippen LogP contribution in [-0.4, -0.2) is 20.6 Å². The number of alkyl halides is 3. The van der Waals surface area contributed by atoms with Crippen molar-refractivity contribution in [2.75, 3.05) is 0 Å². The summed E-state index contributed by atoms with van der Waals surface area (Å²) in [5.74, 6) is -1.50. The highest BCUT2D eigenvalue weighted by Crippen LogP contribution is 2.29. The van der Waals surface area contributed by atoms with E-state index in [1.165, 1.54) is 0 Å². The first-order valence-electron chi connectivity index (χ1n) is 5.68. The average molecular weight is 284 g/mol. The molecule has 0 spiro atoms. The van der Waals surface area contributed by atoms with Gasteiger partial charge in [-0.25, -0.2) is 9.78 Å². The van der Waals surface area contributed by atoms with Gasteiger partial charge in [0.05, 0.1) is 5.69 Å². The third-order valence-corrected chi connectivity index (χ3v) is 2.88. The van der Waals surface area contributed by atoms with Crippen LogP contribution in [0, 0.1) is 13.8 Å². The molecule has 7 heteroatoms. The number of carbonyl (C=O) groups is 1. The zero-order valence-electron chi connectivity index (χ0n) is 10.7. The summed E-state index contributed by atoms with van der Waals surface area (Å²) in [4.78, 5) is 14.4. The van der Waals surface area contributed by atoms with Gasteiger partial charge in [0.2, 0.25) is 0 Å². The van der Waals surface area contributed by atoms with Gasteiger partial charge in [-0.2, -0.15) is 13.2 Å². The molecule has 0 saturated heterocycles. The van der Waals surface area contributed by atoms with Gasteiger partial charge < -0.3 is 9.67 Å². The van der Waals surface area contributed by atoms with Gasteiger partial charge in [0.1, 0.15) is 5.69 Å². The van der Waals surface area contributed by atoms with Crippen LogP contribution in [0.3, 0.4) is 0 Å². The molecule has 20 heavy (non-hydrogen) atoms. The summed E-state index contributed by atoms with van der Waals surface area (Å²) in [6, 6.07) is 5.40. The van der Waals surface area contributed by atoms with Crippen molar-refractivity contribution >= 4 is 5.97 Å². The summed E-state index contributed by atoms with van der Waals surface area (Å²) < 4.78 is 39.4. The number of halogens is 3. The fourth-order valence-corrected chi connectivity index (χ4v) is 2.00. The van der Waals surface area contributed by atoms with Crippen molar-refractivity contribution in [1.29, 1.82) is 0 Å². The molecule has 106 valence electrons. The number of aryl methyl sites for hydroxylation is 2. The molecular formula is C13H11F3N2O2. The van der Waals surface area contributed by atoms with E-state index in [4.69, 9.17) is 5.11 Å². The van der Waals surface area contributed by atoms with Crippen LogP contribution in [0.2, 0.25) is 0 Å². The van der Waals surface area contributed by atoms with Gasteiger partial charge in [0, 0.05) is 11.4 Å². The summed E-state index contributed by atoms with van der Waals surface area (Å²) in [5.41, 5.74) is -0.299. The average Bonchev–Trinajstić information content (AvgIpc) is 2.67. The lowest BCUT2D eigenvalue weighted by molar-refractivity contribution is -0.141. The van der Waals surface area contributed by atoms with Crippen molar-refractivity contribution in [2.45, 2.75) is 20.0 Å². The number of rotatable bonds is 2. The van der Waals surface area contributed by atoms with Crippen molar-refractivity contribution in [3.63, 3.8) is 0 Å². The molecule has 0 radical (unpaired) electrons. The quantitative estimate of drug-likeness (QED) is 0.921. The molecule has 0 aromatic carbocycles. The number of carboxylic acids is 1. The molecule has 0 amide bonds. The molecule has 2 aromatic heterocycles. The molecular weight excluding hydrogens is 273 g/mol. The molecule has 0 aliphatic carbocycles. The summed E-state index contributed by atoms with van der Waals surface area (Å²) in [6.07, 6.45) is -4.68. The first-order chi connectivity index (χ1) is 9.21. The Balaban J connectivity index is 2.69. The van der Waals surface area contributed by atoms with E-state index < -0.39 is 23.5 Å². The van der Waals surface area contributed by atoms with E-state index in [2.05, 4.69) is 4.98 Å². The third kappa shape index (κ3) is 2.38. The lowest BCUT2D eigenvalue weighted by Crippen LogP contribution is -2.15. The standard InChI is InChI=1S/C13H11F3N2O2/c1-7-3-4-8(2)18(7)9-5-6-10(13(14,15)16)17-11(9)12(19)20/h3-6H,1-2H3,(H,19,20). The van der Waals surface area contributed by atoms with Gasteiger partial charge in [0.25, 0.3) is 0 Å². The number of hydrogen-bond donors (Lipinski definition) is 1. The second-order valence-electron chi connectivity index (χ2n) is 4.32. The van der Waals surface area contributed by atoms with Crippen LogP contribution in [0.4, 0.5) is 13.2 Å². The van der Waals surface area contributed by atoms with Gasteiger partial charge in [-0.15, -0.1) is 0 Å². The summed E-state index contributed by atoms with van der Waals surface area (Å²) in [5, 5.41) is 9.09. The van der Waals surface area contributed by atoms with E-state index in [0.717, 1.165) is 12.1 Å². The van der Waals surface area contributed by atoms with Gasteiger partial charge in [-0.05, 0) is 38.1 Å². The van der Waals surface area contributed by atoms with Crippen molar-refractivity contribution in [2.24, 2.45) is 0 Å². The highest BCUT2D eigenvalue weighted by Gasteiger charge is 2.34. The molecule has 2 rings (SSSR count). The summed E-state index contributed by atoms with van der Waals surface area (Å²) in [6.45, 7) is 3.46. The number of aromatic carboxylic acids is 1. The minimum Gasteiger partial charge on any atom is -0.476 e. The molecule has 1 N–H and O–H groups in total. The topological polar surface area (TPSA) is 55.1 Å². The maximum absolute atomic E-state index is 12.6. The second kappa shape index (κ2) is 4.66. The summed E-state index contributed by atoms with van der Waals surface area (Å²) >= 11 is 0. The number of pyridine rings is 1. The molecule has 0 bridgehead atoms. The maximum atomic E-state index is 12.6. The molecule has 4 nitrogen and oxygen atoms in total. The van der Waals surface area contributed by atoms with Gasteiger partial charge in [0.15, 0.2) is 5.69 Å². The Morgan fingerprint density at radius 1 is 1.15 bits per heavy atom. The number of nitrogens with zero attached hydrogens (tertiary/aromatic N) is 2. The Morgan fingerprint density at radius 3 is 2.15 bits per heavy atom. The van der Waals surface area contributed by atoms with E-state index in [9.17, 15) is 18.0 Å². The largest absolute Gasteiger partial charge is 0.476 e. The van der Waals surface area contributed by atoms with Crippen LogP contribution in [-0.2, 0) is 6.18 Å². The van der Waals surface area contributed by atoms with Crippen LogP contribution in [0.1, 0.15) is 27.6 Å². The van der Waals surface area contributed by atoms with E-state index in [1.807, 2.05) is 0 Å². The third-order valence-electron chi connectivity index (χ3n) is 2.88. The lowest BCUT2D eigenvalue weighted by Gasteiger charge is -2.14. The van der Waals surface area contributed by atoms with E-state index in [1.54, 1.807) is 30.5 Å². The van der Waals surface area contributed by atoms with E-state index in [-0.39, 0.29) is 5.69 Å². The van der Waals surface area contributed by atoms with Crippen molar-refractivity contribution in [3.05, 3.63) is 47.0 Å². The molecule has 2 heterocycles. The Morgan fingerprint density at radius 2 is 1.70 bits per heavy atom. The molecule has 0 atom stereocenters. The Hall–Kier alpha value is -2.31. The first kappa shape index (κ1) is 14.1. The Labute approximate surface area is 112 Å². The van der Waals surface area contributed by atoms with Crippen molar-refractivity contribution in [1.82, 2.24) is 9.55 Å². The van der Waals surface area contributed by atoms with E-state index >= 15 is 0 Å². The maximum Gasteiger partial charge on any atom is 0.433 e. The minimum atomic E-state index is -4.68. The molecule has 0 fully saturated rings.